The molecule has 0 radical (unpaired) electrons. The van der Waals surface area contributed by atoms with E-state index in [2.05, 4.69) is 33.5 Å². The molecule has 3 aliphatic heterocycles. The third-order valence-corrected chi connectivity index (χ3v) is 15.5. The number of fused-ring (bicyclic) bond motifs is 4. The van der Waals surface area contributed by atoms with Crippen LogP contribution in [0.15, 0.2) is 52.9 Å². The van der Waals surface area contributed by atoms with E-state index in [1.807, 2.05) is 25.1 Å². The second kappa shape index (κ2) is 13.9. The molecule has 1 saturated heterocycles. The molecular weight excluding hydrogens is 684 g/mol. The van der Waals surface area contributed by atoms with Gasteiger partial charge in [0.1, 0.15) is 11.5 Å². The first kappa shape index (κ1) is 35.3. The van der Waals surface area contributed by atoms with Gasteiger partial charge in [0.05, 0.1) is 40.5 Å². The number of anilines is 1. The number of ether oxygens (including phenoxy) is 3. The Bertz CT molecular complexity index is 1850. The first-order valence-electron chi connectivity index (χ1n) is 18.9. The minimum atomic E-state index is -3.17. The third-order valence-electron chi connectivity index (χ3n) is 12.9. The smallest absolute Gasteiger partial charge is 0.285 e. The van der Waals surface area contributed by atoms with E-state index in [9.17, 15) is 13.8 Å². The van der Waals surface area contributed by atoms with Gasteiger partial charge in [-0.1, -0.05) is 36.7 Å². The molecule has 6 aliphatic rings. The number of allylic oxidation sites excluding steroid dienone is 1. The van der Waals surface area contributed by atoms with Gasteiger partial charge in [-0.15, -0.1) is 0 Å². The highest BCUT2D eigenvalue weighted by Crippen LogP contribution is 2.59. The van der Waals surface area contributed by atoms with Gasteiger partial charge in [0.15, 0.2) is 0 Å². The SMILES string of the molecule is CO[C@H]1/C=C/C[C@H](C)C[S@@](=O)(CC(=O)C[C@@H]2CC23CCOC3)=NC(=O)c2ccc3c(c2)N(C[C@@H]2CC[C@H]21)C[C@@]1(CCCc2cc(Cl)ccc21)CO3. The molecule has 2 saturated carbocycles. The van der Waals surface area contributed by atoms with Crippen molar-refractivity contribution in [1.29, 1.82) is 0 Å². The number of amides is 1. The Hall–Kier alpha value is -2.72. The Morgan fingerprint density at radius 1 is 1.16 bits per heavy atom. The maximum Gasteiger partial charge on any atom is 0.285 e. The zero-order chi connectivity index (χ0) is 35.4. The molecule has 0 aromatic heterocycles. The van der Waals surface area contributed by atoms with Gasteiger partial charge in [0.25, 0.3) is 5.91 Å². The van der Waals surface area contributed by atoms with Crippen molar-refractivity contribution in [2.75, 3.05) is 56.4 Å². The molecule has 51 heavy (non-hydrogen) atoms. The number of carbonyl (C=O) groups is 2. The van der Waals surface area contributed by atoms with Gasteiger partial charge in [0, 0.05) is 55.0 Å². The summed E-state index contributed by atoms with van der Waals surface area (Å²) in [6.07, 6.45) is 12.5. The van der Waals surface area contributed by atoms with Crippen LogP contribution in [0.5, 0.6) is 5.75 Å². The number of nitrogens with zero attached hydrogens (tertiary/aromatic N) is 2. The van der Waals surface area contributed by atoms with Crippen LogP contribution in [0.3, 0.4) is 0 Å². The Kier molecular flexibility index (Phi) is 9.64. The van der Waals surface area contributed by atoms with Crippen LogP contribution in [0.1, 0.15) is 79.8 Å². The Morgan fingerprint density at radius 2 is 2.04 bits per heavy atom. The van der Waals surface area contributed by atoms with Crippen molar-refractivity contribution in [1.82, 2.24) is 0 Å². The molecule has 2 aromatic carbocycles. The lowest BCUT2D eigenvalue weighted by Gasteiger charge is -2.46. The van der Waals surface area contributed by atoms with Crippen LogP contribution in [-0.4, -0.2) is 73.5 Å². The summed E-state index contributed by atoms with van der Waals surface area (Å²) in [6, 6.07) is 11.8. The van der Waals surface area contributed by atoms with Crippen LogP contribution in [0, 0.1) is 29.1 Å². The van der Waals surface area contributed by atoms with E-state index < -0.39 is 15.6 Å². The Morgan fingerprint density at radius 3 is 2.82 bits per heavy atom. The second-order valence-corrected chi connectivity index (χ2v) is 19.3. The minimum absolute atomic E-state index is 0.0213. The molecule has 3 heterocycles. The van der Waals surface area contributed by atoms with Crippen LogP contribution in [0.2, 0.25) is 5.02 Å². The van der Waals surface area contributed by atoms with Crippen molar-refractivity contribution in [2.45, 2.75) is 76.2 Å². The number of Topliss-reactive ketones (excluding diaryl/α,β-unsaturated/α-hetero) is 1. The summed E-state index contributed by atoms with van der Waals surface area (Å²) < 4.78 is 37.5. The number of carbonyl (C=O) groups excluding carboxylic acids is 2. The van der Waals surface area contributed by atoms with Crippen molar-refractivity contribution in [2.24, 2.45) is 33.4 Å². The highest BCUT2D eigenvalue weighted by atomic mass is 35.5. The lowest BCUT2D eigenvalue weighted by atomic mass is 9.68. The predicted molar refractivity (Wildman–Crippen MR) is 200 cm³/mol. The molecule has 8 nitrogen and oxygen atoms in total. The maximum absolute atomic E-state index is 14.7. The van der Waals surface area contributed by atoms with Gasteiger partial charge in [-0.3, -0.25) is 9.59 Å². The molecule has 2 bridgehead atoms. The number of aryl methyl sites for hydroxylation is 1. The molecule has 0 N–H and O–H groups in total. The van der Waals surface area contributed by atoms with Crippen molar-refractivity contribution in [3.63, 3.8) is 0 Å². The average molecular weight is 735 g/mol. The van der Waals surface area contributed by atoms with E-state index in [0.29, 0.717) is 43.5 Å². The van der Waals surface area contributed by atoms with Crippen LogP contribution < -0.4 is 9.64 Å². The number of benzene rings is 2. The number of hydrogen-bond acceptors (Lipinski definition) is 7. The van der Waals surface area contributed by atoms with Crippen molar-refractivity contribution in [3.8, 4) is 5.75 Å². The molecule has 274 valence electrons. The summed E-state index contributed by atoms with van der Waals surface area (Å²) in [5.74, 6) is 1.14. The van der Waals surface area contributed by atoms with Gasteiger partial charge >= 0.3 is 0 Å². The molecular formula is C41H51ClN2O6S. The molecule has 2 aromatic rings. The topological polar surface area (TPSA) is 94.5 Å². The zero-order valence-corrected chi connectivity index (χ0v) is 31.5. The fourth-order valence-corrected chi connectivity index (χ4v) is 12.4. The van der Waals surface area contributed by atoms with E-state index in [-0.39, 0.29) is 46.1 Å². The number of halogens is 1. The molecule has 10 heteroatoms. The highest BCUT2D eigenvalue weighted by molar-refractivity contribution is 7.94. The third kappa shape index (κ3) is 7.05. The molecule has 2 spiro atoms. The van der Waals surface area contributed by atoms with Crippen molar-refractivity contribution in [3.05, 3.63) is 70.3 Å². The fraction of sp³-hybridized carbons (Fsp3) is 0.610. The average Bonchev–Trinajstić information content (AvgIpc) is 3.56. The lowest BCUT2D eigenvalue weighted by Crippen LogP contribution is -2.49. The summed E-state index contributed by atoms with van der Waals surface area (Å²) in [7, 11) is -1.38. The van der Waals surface area contributed by atoms with Gasteiger partial charge in [-0.2, -0.15) is 4.36 Å². The van der Waals surface area contributed by atoms with E-state index >= 15 is 0 Å². The number of ketones is 1. The van der Waals surface area contributed by atoms with E-state index in [0.717, 1.165) is 81.1 Å². The zero-order valence-electron chi connectivity index (χ0n) is 29.9. The first-order chi connectivity index (χ1) is 24.6. The number of hydrogen-bond donors (Lipinski definition) is 0. The van der Waals surface area contributed by atoms with E-state index in [4.69, 9.17) is 25.8 Å². The monoisotopic (exact) mass is 734 g/mol. The van der Waals surface area contributed by atoms with Crippen LogP contribution in [-0.2, 0) is 35.8 Å². The van der Waals surface area contributed by atoms with Crippen molar-refractivity contribution < 1.29 is 28.0 Å². The van der Waals surface area contributed by atoms with Crippen LogP contribution in [0.4, 0.5) is 5.69 Å². The highest BCUT2D eigenvalue weighted by Gasteiger charge is 2.56. The fourth-order valence-electron chi connectivity index (χ4n) is 9.88. The summed E-state index contributed by atoms with van der Waals surface area (Å²) in [6.45, 7) is 5.57. The normalized spacial score (nSPS) is 36.6. The predicted octanol–water partition coefficient (Wildman–Crippen LogP) is 7.44. The Labute approximate surface area is 307 Å². The second-order valence-electron chi connectivity index (χ2n) is 16.5. The lowest BCUT2D eigenvalue weighted by molar-refractivity contribution is -0.117. The summed E-state index contributed by atoms with van der Waals surface area (Å²) >= 11 is 6.47. The van der Waals surface area contributed by atoms with E-state index in [1.54, 1.807) is 13.2 Å². The number of methoxy groups -OCH3 is 1. The van der Waals surface area contributed by atoms with Crippen LogP contribution >= 0.6 is 11.6 Å². The maximum atomic E-state index is 14.7. The van der Waals surface area contributed by atoms with Gasteiger partial charge in [-0.05, 0) is 122 Å². The molecule has 8 rings (SSSR count). The first-order valence-corrected chi connectivity index (χ1v) is 21.2. The van der Waals surface area contributed by atoms with Gasteiger partial charge < -0.3 is 19.1 Å². The molecule has 3 aliphatic carbocycles. The Balaban J connectivity index is 1.15. The molecule has 1 amide bonds. The standard InChI is InChI=1S/C41H51ClN2O6S/c1-27-5-3-7-37(48-2)34-11-8-30(34)21-44-24-41(14-4-6-28-17-32(42)10-12-35(28)41)26-50-38-13-9-29(18-36(38)44)39(46)43-51(47,22-27)23-33(45)19-31-20-40(31)15-16-49-25-40/h3,7,9-10,12-13,17-18,27,30-31,34,37H,4-6,8,11,14-16,19-26H2,1-2H3/b7-3+/t27-,30-,31+,34+,37-,40?,41-,51+/m0/s1. The van der Waals surface area contributed by atoms with E-state index in [1.165, 1.54) is 11.1 Å². The quantitative estimate of drug-likeness (QED) is 0.295. The van der Waals surface area contributed by atoms with Crippen LogP contribution in [0.25, 0.3) is 0 Å². The number of rotatable bonds is 5. The van der Waals surface area contributed by atoms with Gasteiger partial charge in [0.2, 0.25) is 0 Å². The van der Waals surface area contributed by atoms with Crippen molar-refractivity contribution >= 4 is 38.7 Å². The van der Waals surface area contributed by atoms with Gasteiger partial charge in [-0.25, -0.2) is 4.21 Å². The summed E-state index contributed by atoms with van der Waals surface area (Å²) in [5, 5.41) is 0.754. The minimum Gasteiger partial charge on any atom is -0.490 e. The summed E-state index contributed by atoms with van der Waals surface area (Å²) in [5.41, 5.74) is 3.70. The summed E-state index contributed by atoms with van der Waals surface area (Å²) in [4.78, 5) is 30.0. The molecule has 8 atom stereocenters. The largest absolute Gasteiger partial charge is 0.490 e. The molecule has 3 fully saturated rings. The molecule has 1 unspecified atom stereocenters.